The van der Waals surface area contributed by atoms with Crippen molar-refractivity contribution < 1.29 is 9.18 Å². The van der Waals surface area contributed by atoms with Gasteiger partial charge in [-0.3, -0.25) is 9.69 Å². The molecule has 0 radical (unpaired) electrons. The zero-order chi connectivity index (χ0) is 16.4. The Hall–Kier alpha value is -2.20. The molecule has 3 rings (SSSR count). The van der Waals surface area contributed by atoms with E-state index < -0.39 is 0 Å². The maximum atomic E-state index is 13.9. The Morgan fingerprint density at radius 2 is 1.91 bits per heavy atom. The van der Waals surface area contributed by atoms with Gasteiger partial charge in [0.2, 0.25) is 5.91 Å². The van der Waals surface area contributed by atoms with Crippen molar-refractivity contribution in [3.63, 3.8) is 0 Å². The molecular weight excluding hydrogens is 291 g/mol. The van der Waals surface area contributed by atoms with Crippen molar-refractivity contribution >= 4 is 11.6 Å². The topological polar surface area (TPSA) is 23.6 Å². The predicted octanol–water partition coefficient (Wildman–Crippen LogP) is 3.41. The number of para-hydroxylation sites is 1. The average Bonchev–Trinajstić information content (AvgIpc) is 2.98. The van der Waals surface area contributed by atoms with Crippen LogP contribution in [0.2, 0.25) is 0 Å². The molecule has 3 nitrogen and oxygen atoms in total. The molecule has 2 aromatic carbocycles. The highest BCUT2D eigenvalue weighted by Crippen LogP contribution is 2.28. The molecule has 0 fully saturated rings. The summed E-state index contributed by atoms with van der Waals surface area (Å²) in [5.41, 5.74) is 2.83. The number of halogens is 1. The van der Waals surface area contributed by atoms with Crippen molar-refractivity contribution in [3.8, 4) is 0 Å². The molecular formula is C19H21FN2O. The Labute approximate surface area is 136 Å². The van der Waals surface area contributed by atoms with Crippen LogP contribution in [0.4, 0.5) is 10.1 Å². The lowest BCUT2D eigenvalue weighted by Gasteiger charge is -2.27. The molecule has 0 saturated heterocycles. The number of amides is 1. The van der Waals surface area contributed by atoms with Gasteiger partial charge in [0.05, 0.1) is 6.54 Å². The van der Waals surface area contributed by atoms with Crippen molar-refractivity contribution in [1.82, 2.24) is 4.90 Å². The second-order valence-electron chi connectivity index (χ2n) is 6.04. The molecule has 1 amide bonds. The Morgan fingerprint density at radius 3 is 2.70 bits per heavy atom. The number of anilines is 1. The normalized spacial score (nSPS) is 14.9. The maximum absolute atomic E-state index is 13.9. The highest BCUT2D eigenvalue weighted by molar-refractivity contribution is 5.96. The summed E-state index contributed by atoms with van der Waals surface area (Å²) in [5.74, 6) is -0.175. The van der Waals surface area contributed by atoms with Gasteiger partial charge >= 0.3 is 0 Å². The van der Waals surface area contributed by atoms with Gasteiger partial charge in [0.1, 0.15) is 5.82 Å². The van der Waals surface area contributed by atoms with Crippen LogP contribution in [0.15, 0.2) is 48.5 Å². The summed E-state index contributed by atoms with van der Waals surface area (Å²) in [5, 5.41) is 0. The van der Waals surface area contributed by atoms with Gasteiger partial charge < -0.3 is 4.90 Å². The third-order valence-corrected chi connectivity index (χ3v) is 4.59. The first-order valence-electron chi connectivity index (χ1n) is 7.91. The molecule has 1 aliphatic rings. The summed E-state index contributed by atoms with van der Waals surface area (Å²) in [6.07, 6.45) is 0.897. The molecule has 2 aromatic rings. The lowest BCUT2D eigenvalue weighted by molar-refractivity contribution is -0.119. The van der Waals surface area contributed by atoms with E-state index in [9.17, 15) is 9.18 Å². The first-order valence-corrected chi connectivity index (χ1v) is 7.91. The van der Waals surface area contributed by atoms with Crippen LogP contribution in [0.5, 0.6) is 0 Å². The van der Waals surface area contributed by atoms with Gasteiger partial charge in [-0.25, -0.2) is 4.39 Å². The van der Waals surface area contributed by atoms with E-state index in [2.05, 4.69) is 6.07 Å². The number of fused-ring (bicyclic) bond motifs is 1. The predicted molar refractivity (Wildman–Crippen MR) is 89.9 cm³/mol. The average molecular weight is 312 g/mol. The van der Waals surface area contributed by atoms with E-state index in [0.29, 0.717) is 5.56 Å². The number of carbonyl (C=O) groups excluding carboxylic acids is 1. The second-order valence-corrected chi connectivity index (χ2v) is 6.04. The quantitative estimate of drug-likeness (QED) is 0.864. The molecule has 0 spiro atoms. The standard InChI is InChI=1S/C19H21FN2O/c1-14(16-8-4-5-9-17(16)20)21(2)13-19(23)22-12-11-15-7-3-6-10-18(15)22/h3-10,14H,11-13H2,1-2H3/t14-/m1/s1. The highest BCUT2D eigenvalue weighted by Gasteiger charge is 2.26. The van der Waals surface area contributed by atoms with Crippen molar-refractivity contribution in [2.75, 3.05) is 25.0 Å². The van der Waals surface area contributed by atoms with Gasteiger partial charge in [0, 0.05) is 23.8 Å². The summed E-state index contributed by atoms with van der Waals surface area (Å²) in [6, 6.07) is 14.6. The molecule has 1 aliphatic heterocycles. The van der Waals surface area contributed by atoms with Crippen molar-refractivity contribution in [3.05, 3.63) is 65.5 Å². The Balaban J connectivity index is 1.70. The van der Waals surface area contributed by atoms with Gasteiger partial charge in [0.25, 0.3) is 0 Å². The SMILES string of the molecule is C[C@H](c1ccccc1F)N(C)CC(=O)N1CCc2ccccc21. The van der Waals surface area contributed by atoms with Crippen molar-refractivity contribution in [1.29, 1.82) is 0 Å². The number of nitrogens with zero attached hydrogens (tertiary/aromatic N) is 2. The Kier molecular flexibility index (Phi) is 4.44. The second kappa shape index (κ2) is 6.50. The highest BCUT2D eigenvalue weighted by atomic mass is 19.1. The number of carbonyl (C=O) groups is 1. The van der Waals surface area contributed by atoms with Gasteiger partial charge in [-0.2, -0.15) is 0 Å². The van der Waals surface area contributed by atoms with E-state index in [1.165, 1.54) is 11.6 Å². The molecule has 0 aliphatic carbocycles. The molecule has 120 valence electrons. The first kappa shape index (κ1) is 15.7. The van der Waals surface area contributed by atoms with Crippen LogP contribution in [0, 0.1) is 5.82 Å². The number of rotatable bonds is 4. The summed E-state index contributed by atoms with van der Waals surface area (Å²) in [7, 11) is 1.86. The fourth-order valence-electron chi connectivity index (χ4n) is 3.08. The Bertz CT molecular complexity index is 716. The molecule has 0 N–H and O–H groups in total. The van der Waals surface area contributed by atoms with Crippen molar-refractivity contribution in [2.45, 2.75) is 19.4 Å². The molecule has 1 atom stereocenters. The largest absolute Gasteiger partial charge is 0.311 e. The number of hydrogen-bond donors (Lipinski definition) is 0. The molecule has 0 bridgehead atoms. The van der Waals surface area contributed by atoms with Gasteiger partial charge in [-0.05, 0) is 38.1 Å². The molecule has 23 heavy (non-hydrogen) atoms. The lowest BCUT2D eigenvalue weighted by atomic mass is 10.1. The third kappa shape index (κ3) is 3.13. The van der Waals surface area contributed by atoms with Crippen LogP contribution >= 0.6 is 0 Å². The molecule has 0 unspecified atom stereocenters. The molecule has 4 heteroatoms. The van der Waals surface area contributed by atoms with Crippen LogP contribution in [0.1, 0.15) is 24.1 Å². The third-order valence-electron chi connectivity index (χ3n) is 4.59. The van der Waals surface area contributed by atoms with Crippen molar-refractivity contribution in [2.24, 2.45) is 0 Å². The number of hydrogen-bond acceptors (Lipinski definition) is 2. The minimum absolute atomic E-state index is 0.0561. The van der Waals surface area contributed by atoms with Gasteiger partial charge in [0.15, 0.2) is 0 Å². The van der Waals surface area contributed by atoms with Crippen LogP contribution in [0.25, 0.3) is 0 Å². The Morgan fingerprint density at radius 1 is 1.22 bits per heavy atom. The summed E-state index contributed by atoms with van der Waals surface area (Å²) < 4.78 is 13.9. The maximum Gasteiger partial charge on any atom is 0.241 e. The smallest absolute Gasteiger partial charge is 0.241 e. The van der Waals surface area contributed by atoms with E-state index in [0.717, 1.165) is 18.7 Å². The fourth-order valence-corrected chi connectivity index (χ4v) is 3.08. The fraction of sp³-hybridized carbons (Fsp3) is 0.316. The van der Waals surface area contributed by atoms with E-state index in [-0.39, 0.29) is 24.3 Å². The molecule has 1 heterocycles. The van der Waals surface area contributed by atoms with Crippen LogP contribution in [0.3, 0.4) is 0 Å². The monoisotopic (exact) mass is 312 g/mol. The summed E-state index contributed by atoms with van der Waals surface area (Å²) in [6.45, 7) is 2.91. The van der Waals surface area contributed by atoms with Crippen LogP contribution < -0.4 is 4.90 Å². The van der Waals surface area contributed by atoms with Gasteiger partial charge in [-0.15, -0.1) is 0 Å². The minimum atomic E-state index is -0.231. The number of benzene rings is 2. The molecule has 0 aromatic heterocycles. The van der Waals surface area contributed by atoms with E-state index >= 15 is 0 Å². The lowest BCUT2D eigenvalue weighted by Crippen LogP contribution is -2.39. The van der Waals surface area contributed by atoms with Gasteiger partial charge in [-0.1, -0.05) is 36.4 Å². The summed E-state index contributed by atoms with van der Waals surface area (Å²) in [4.78, 5) is 16.4. The zero-order valence-corrected chi connectivity index (χ0v) is 13.5. The van der Waals surface area contributed by atoms with E-state index in [4.69, 9.17) is 0 Å². The zero-order valence-electron chi connectivity index (χ0n) is 13.5. The van der Waals surface area contributed by atoms with Crippen LogP contribution in [-0.4, -0.2) is 30.9 Å². The first-order chi connectivity index (χ1) is 11.1. The van der Waals surface area contributed by atoms with Crippen LogP contribution in [-0.2, 0) is 11.2 Å². The number of likely N-dealkylation sites (N-methyl/N-ethyl adjacent to an activating group) is 1. The van der Waals surface area contributed by atoms with E-state index in [1.54, 1.807) is 12.1 Å². The summed E-state index contributed by atoms with van der Waals surface area (Å²) >= 11 is 0. The minimum Gasteiger partial charge on any atom is -0.311 e. The van der Waals surface area contributed by atoms with E-state index in [1.807, 2.05) is 48.0 Å². The molecule has 0 saturated carbocycles.